The zero-order valence-electron chi connectivity index (χ0n) is 8.17. The second-order valence-electron chi connectivity index (χ2n) is 3.44. The van der Waals surface area contributed by atoms with Crippen LogP contribution in [0.2, 0.25) is 0 Å². The van der Waals surface area contributed by atoms with Gasteiger partial charge in [-0.15, -0.1) is 0 Å². The lowest BCUT2D eigenvalue weighted by Gasteiger charge is -2.23. The fourth-order valence-electron chi connectivity index (χ4n) is 1.41. The summed E-state index contributed by atoms with van der Waals surface area (Å²) >= 11 is 0. The van der Waals surface area contributed by atoms with E-state index in [4.69, 9.17) is 5.11 Å². The lowest BCUT2D eigenvalue weighted by atomic mass is 9.92. The van der Waals surface area contributed by atoms with E-state index >= 15 is 0 Å². The molecule has 1 aromatic carbocycles. The molecule has 3 heteroatoms. The summed E-state index contributed by atoms with van der Waals surface area (Å²) in [7, 11) is 0. The van der Waals surface area contributed by atoms with Crippen molar-refractivity contribution in [3.05, 3.63) is 35.9 Å². The molecule has 0 bridgehead atoms. The highest BCUT2D eigenvalue weighted by Gasteiger charge is 2.24. The first-order valence-electron chi connectivity index (χ1n) is 4.68. The highest BCUT2D eigenvalue weighted by molar-refractivity contribution is 5.18. The predicted molar refractivity (Wildman–Crippen MR) is 53.7 cm³/mol. The molecule has 1 aromatic rings. The Kier molecular flexibility index (Phi) is 4.07. The molecule has 78 valence electrons. The van der Waals surface area contributed by atoms with Crippen molar-refractivity contribution < 1.29 is 15.3 Å². The van der Waals surface area contributed by atoms with Crippen LogP contribution in [0.1, 0.15) is 18.6 Å². The number of aliphatic hydroxyl groups excluding tert-OH is 3. The maximum absolute atomic E-state index is 9.83. The van der Waals surface area contributed by atoms with Crippen molar-refractivity contribution in [2.45, 2.75) is 19.1 Å². The molecule has 0 saturated heterocycles. The van der Waals surface area contributed by atoms with E-state index in [0.29, 0.717) is 5.56 Å². The van der Waals surface area contributed by atoms with Crippen molar-refractivity contribution >= 4 is 0 Å². The first-order valence-corrected chi connectivity index (χ1v) is 4.68. The zero-order valence-corrected chi connectivity index (χ0v) is 8.17. The van der Waals surface area contributed by atoms with Gasteiger partial charge in [-0.25, -0.2) is 0 Å². The molecule has 0 unspecified atom stereocenters. The molecule has 1 rings (SSSR count). The SMILES string of the molecule is C[C@H](O)[C@H](CO)[C@H](O)c1ccccc1. The van der Waals surface area contributed by atoms with Gasteiger partial charge in [0.2, 0.25) is 0 Å². The Labute approximate surface area is 83.6 Å². The highest BCUT2D eigenvalue weighted by atomic mass is 16.3. The number of rotatable bonds is 4. The van der Waals surface area contributed by atoms with E-state index in [9.17, 15) is 10.2 Å². The Bertz CT molecular complexity index is 258. The van der Waals surface area contributed by atoms with Gasteiger partial charge in [0, 0.05) is 5.92 Å². The Balaban J connectivity index is 2.78. The summed E-state index contributed by atoms with van der Waals surface area (Å²) < 4.78 is 0. The van der Waals surface area contributed by atoms with Crippen LogP contribution in [0.5, 0.6) is 0 Å². The van der Waals surface area contributed by atoms with Gasteiger partial charge >= 0.3 is 0 Å². The smallest absolute Gasteiger partial charge is 0.0864 e. The van der Waals surface area contributed by atoms with Crippen LogP contribution in [0, 0.1) is 5.92 Å². The monoisotopic (exact) mass is 196 g/mol. The largest absolute Gasteiger partial charge is 0.396 e. The van der Waals surface area contributed by atoms with Gasteiger partial charge in [0.05, 0.1) is 18.8 Å². The van der Waals surface area contributed by atoms with E-state index in [1.165, 1.54) is 0 Å². The maximum Gasteiger partial charge on any atom is 0.0864 e. The molecule has 3 atom stereocenters. The number of aliphatic hydroxyl groups is 3. The van der Waals surface area contributed by atoms with Gasteiger partial charge in [0.15, 0.2) is 0 Å². The normalized spacial score (nSPS) is 17.4. The average Bonchev–Trinajstić information content (AvgIpc) is 2.19. The van der Waals surface area contributed by atoms with Gasteiger partial charge in [0.25, 0.3) is 0 Å². The molecule has 0 aliphatic carbocycles. The minimum Gasteiger partial charge on any atom is -0.396 e. The van der Waals surface area contributed by atoms with E-state index in [0.717, 1.165) is 0 Å². The molecule has 0 amide bonds. The highest BCUT2D eigenvalue weighted by Crippen LogP contribution is 2.23. The summed E-state index contributed by atoms with van der Waals surface area (Å²) in [4.78, 5) is 0. The molecule has 0 aliphatic heterocycles. The lowest BCUT2D eigenvalue weighted by Crippen LogP contribution is -2.27. The maximum atomic E-state index is 9.83. The van der Waals surface area contributed by atoms with Crippen LogP contribution in [0.25, 0.3) is 0 Å². The first-order chi connectivity index (χ1) is 6.66. The summed E-state index contributed by atoms with van der Waals surface area (Å²) in [5, 5.41) is 28.2. The third kappa shape index (κ3) is 2.54. The van der Waals surface area contributed by atoms with Gasteiger partial charge in [0.1, 0.15) is 0 Å². The minimum absolute atomic E-state index is 0.228. The van der Waals surface area contributed by atoms with E-state index < -0.39 is 18.1 Å². The van der Waals surface area contributed by atoms with Crippen LogP contribution in [-0.4, -0.2) is 28.0 Å². The van der Waals surface area contributed by atoms with Crippen LogP contribution >= 0.6 is 0 Å². The van der Waals surface area contributed by atoms with Crippen molar-refractivity contribution in [2.24, 2.45) is 5.92 Å². The first kappa shape index (κ1) is 11.2. The van der Waals surface area contributed by atoms with Crippen molar-refractivity contribution in [3.8, 4) is 0 Å². The van der Waals surface area contributed by atoms with Gasteiger partial charge in [-0.05, 0) is 12.5 Å². The van der Waals surface area contributed by atoms with Crippen molar-refractivity contribution in [1.29, 1.82) is 0 Å². The molecule has 3 N–H and O–H groups in total. The number of hydrogen-bond donors (Lipinski definition) is 3. The van der Waals surface area contributed by atoms with Gasteiger partial charge in [-0.2, -0.15) is 0 Å². The van der Waals surface area contributed by atoms with Crippen LogP contribution in [0.3, 0.4) is 0 Å². The van der Waals surface area contributed by atoms with Crippen LogP contribution in [0.4, 0.5) is 0 Å². The third-order valence-electron chi connectivity index (χ3n) is 2.38. The molecule has 0 heterocycles. The van der Waals surface area contributed by atoms with Gasteiger partial charge in [-0.1, -0.05) is 30.3 Å². The van der Waals surface area contributed by atoms with Gasteiger partial charge < -0.3 is 15.3 Å². The fourth-order valence-corrected chi connectivity index (χ4v) is 1.41. The predicted octanol–water partition coefficient (Wildman–Crippen LogP) is 0.709. The molecule has 0 fully saturated rings. The van der Waals surface area contributed by atoms with Gasteiger partial charge in [-0.3, -0.25) is 0 Å². The van der Waals surface area contributed by atoms with E-state index in [2.05, 4.69) is 0 Å². The van der Waals surface area contributed by atoms with E-state index in [1.54, 1.807) is 19.1 Å². The minimum atomic E-state index is -0.818. The lowest BCUT2D eigenvalue weighted by molar-refractivity contribution is -0.00952. The van der Waals surface area contributed by atoms with Crippen LogP contribution < -0.4 is 0 Å². The molecule has 0 radical (unpaired) electrons. The summed E-state index contributed by atoms with van der Waals surface area (Å²) in [5.41, 5.74) is 0.715. The fraction of sp³-hybridized carbons (Fsp3) is 0.455. The summed E-state index contributed by atoms with van der Waals surface area (Å²) in [5.74, 6) is -0.530. The van der Waals surface area contributed by atoms with Crippen molar-refractivity contribution in [3.63, 3.8) is 0 Å². The van der Waals surface area contributed by atoms with E-state index in [-0.39, 0.29) is 6.61 Å². The molecule has 0 aromatic heterocycles. The topological polar surface area (TPSA) is 60.7 Å². The Morgan fingerprint density at radius 1 is 1.14 bits per heavy atom. The van der Waals surface area contributed by atoms with Crippen LogP contribution in [0.15, 0.2) is 30.3 Å². The third-order valence-corrected chi connectivity index (χ3v) is 2.38. The van der Waals surface area contributed by atoms with Crippen molar-refractivity contribution in [2.75, 3.05) is 6.61 Å². The number of benzene rings is 1. The zero-order chi connectivity index (χ0) is 10.6. The molecular weight excluding hydrogens is 180 g/mol. The molecule has 0 saturated carbocycles. The molecule has 0 aliphatic rings. The molecule has 3 nitrogen and oxygen atoms in total. The Hall–Kier alpha value is -0.900. The average molecular weight is 196 g/mol. The number of hydrogen-bond acceptors (Lipinski definition) is 3. The quantitative estimate of drug-likeness (QED) is 0.664. The van der Waals surface area contributed by atoms with Crippen LogP contribution in [-0.2, 0) is 0 Å². The standard InChI is InChI=1S/C11H16O3/c1-8(13)10(7-12)11(14)9-5-3-2-4-6-9/h2-6,8,10-14H,7H2,1H3/t8-,10-,11+/m0/s1. The second kappa shape index (κ2) is 5.10. The van der Waals surface area contributed by atoms with Crippen molar-refractivity contribution in [1.82, 2.24) is 0 Å². The molecule has 14 heavy (non-hydrogen) atoms. The second-order valence-corrected chi connectivity index (χ2v) is 3.44. The molecule has 0 spiro atoms. The summed E-state index contributed by atoms with van der Waals surface area (Å²) in [6.45, 7) is 1.33. The van der Waals surface area contributed by atoms with E-state index in [1.807, 2.05) is 18.2 Å². The summed E-state index contributed by atoms with van der Waals surface area (Å²) in [6, 6.07) is 9.03. The molecular formula is C11H16O3. The Morgan fingerprint density at radius 2 is 1.71 bits per heavy atom. The Morgan fingerprint density at radius 3 is 2.14 bits per heavy atom. The summed E-state index contributed by atoms with van der Waals surface area (Å²) in [6.07, 6.45) is -1.54.